The van der Waals surface area contributed by atoms with Crippen molar-refractivity contribution in [3.63, 3.8) is 0 Å². The number of hydrogen-bond donors (Lipinski definition) is 3. The van der Waals surface area contributed by atoms with Crippen LogP contribution in [0.1, 0.15) is 6.92 Å². The Labute approximate surface area is 98.8 Å². The summed E-state index contributed by atoms with van der Waals surface area (Å²) in [4.78, 5) is 32.2. The monoisotopic (exact) mass is 244 g/mol. The Morgan fingerprint density at radius 3 is 2.53 bits per heavy atom. The summed E-state index contributed by atoms with van der Waals surface area (Å²) in [7, 11) is 1.55. The molecule has 0 aliphatic rings. The molecule has 3 N–H and O–H groups in total. The molecule has 0 spiro atoms. The second-order valence-corrected chi connectivity index (χ2v) is 3.43. The van der Waals surface area contributed by atoms with Crippen molar-refractivity contribution in [1.82, 2.24) is 10.6 Å². The molecule has 1 atom stereocenters. The first kappa shape index (κ1) is 15.1. The van der Waals surface area contributed by atoms with Crippen molar-refractivity contribution in [3.8, 4) is 0 Å². The number of amides is 3. The van der Waals surface area contributed by atoms with E-state index in [1.165, 1.54) is 0 Å². The smallest absolute Gasteiger partial charge is 0.328 e. The van der Waals surface area contributed by atoms with Crippen LogP contribution in [-0.2, 0) is 14.3 Å². The zero-order valence-corrected chi connectivity index (χ0v) is 9.73. The van der Waals surface area contributed by atoms with Gasteiger partial charge in [-0.2, -0.15) is 0 Å². The van der Waals surface area contributed by atoms with Gasteiger partial charge in [-0.15, -0.1) is 0 Å². The summed E-state index contributed by atoms with van der Waals surface area (Å²) in [5.74, 6) is -1.92. The normalized spacial score (nSPS) is 12.1. The lowest BCUT2D eigenvalue weighted by atomic mass is 10.2. The largest absolute Gasteiger partial charge is 0.478 e. The number of carbonyl (C=O) groups is 3. The minimum absolute atomic E-state index is 0.121. The van der Waals surface area contributed by atoms with Crippen LogP contribution in [0.5, 0.6) is 0 Å². The lowest BCUT2D eigenvalue weighted by molar-refractivity contribution is -0.131. The van der Waals surface area contributed by atoms with E-state index in [0.29, 0.717) is 19.2 Å². The molecule has 17 heavy (non-hydrogen) atoms. The predicted octanol–water partition coefficient (Wildman–Crippen LogP) is -0.264. The van der Waals surface area contributed by atoms with Gasteiger partial charge in [-0.25, -0.2) is 9.59 Å². The zero-order valence-electron chi connectivity index (χ0n) is 9.73. The van der Waals surface area contributed by atoms with Gasteiger partial charge in [-0.1, -0.05) is 6.92 Å². The number of urea groups is 1. The standard InChI is InChI=1S/C10H16N2O5/c1-7(6-17-2)5-11-10(16)12-8(13)3-4-9(14)15/h3-4,7H,5-6H2,1-2H3,(H,14,15)(H2,11,12,13,16). The topological polar surface area (TPSA) is 105 Å². The van der Waals surface area contributed by atoms with Crippen molar-refractivity contribution in [2.24, 2.45) is 5.92 Å². The number of aliphatic carboxylic acids is 1. The molecule has 1 unspecified atom stereocenters. The van der Waals surface area contributed by atoms with E-state index in [0.717, 1.165) is 6.08 Å². The summed E-state index contributed by atoms with van der Waals surface area (Å²) in [5.41, 5.74) is 0. The number of carboxylic acid groups (broad SMARTS) is 1. The van der Waals surface area contributed by atoms with Crippen molar-refractivity contribution in [2.45, 2.75) is 6.92 Å². The van der Waals surface area contributed by atoms with E-state index >= 15 is 0 Å². The highest BCUT2D eigenvalue weighted by Gasteiger charge is 2.07. The van der Waals surface area contributed by atoms with E-state index in [1.807, 2.05) is 12.2 Å². The Balaban J connectivity index is 3.86. The minimum Gasteiger partial charge on any atom is -0.478 e. The molecule has 0 bridgehead atoms. The van der Waals surface area contributed by atoms with Crippen molar-refractivity contribution in [2.75, 3.05) is 20.3 Å². The Kier molecular flexibility index (Phi) is 7.36. The number of carboxylic acids is 1. The number of rotatable bonds is 6. The molecule has 96 valence electrons. The molecule has 0 aromatic heterocycles. The van der Waals surface area contributed by atoms with Crippen molar-refractivity contribution in [3.05, 3.63) is 12.2 Å². The summed E-state index contributed by atoms with van der Waals surface area (Å²) < 4.78 is 4.87. The van der Waals surface area contributed by atoms with Gasteiger partial charge < -0.3 is 15.2 Å². The number of hydrogen-bond acceptors (Lipinski definition) is 4. The van der Waals surface area contributed by atoms with Gasteiger partial charge in [-0.05, 0) is 5.92 Å². The van der Waals surface area contributed by atoms with Crippen LogP contribution in [0.15, 0.2) is 12.2 Å². The molecular formula is C10H16N2O5. The van der Waals surface area contributed by atoms with Crippen LogP contribution >= 0.6 is 0 Å². The Hall–Kier alpha value is -1.89. The summed E-state index contributed by atoms with van der Waals surface area (Å²) >= 11 is 0. The first-order valence-electron chi connectivity index (χ1n) is 4.94. The summed E-state index contributed by atoms with van der Waals surface area (Å²) in [6.45, 7) is 2.72. The average Bonchev–Trinajstić information content (AvgIpc) is 2.24. The van der Waals surface area contributed by atoms with E-state index in [2.05, 4.69) is 5.32 Å². The van der Waals surface area contributed by atoms with Crippen LogP contribution in [-0.4, -0.2) is 43.3 Å². The van der Waals surface area contributed by atoms with Gasteiger partial charge in [0.05, 0.1) is 6.61 Å². The second-order valence-electron chi connectivity index (χ2n) is 3.43. The van der Waals surface area contributed by atoms with E-state index < -0.39 is 17.9 Å². The van der Waals surface area contributed by atoms with E-state index in [-0.39, 0.29) is 5.92 Å². The fourth-order valence-electron chi connectivity index (χ4n) is 0.955. The van der Waals surface area contributed by atoms with E-state index in [4.69, 9.17) is 9.84 Å². The number of nitrogens with one attached hydrogen (secondary N) is 2. The summed E-state index contributed by atoms with van der Waals surface area (Å²) in [6, 6.07) is -0.673. The Morgan fingerprint density at radius 2 is 2.00 bits per heavy atom. The fourth-order valence-corrected chi connectivity index (χ4v) is 0.955. The molecule has 0 aliphatic heterocycles. The van der Waals surface area contributed by atoms with Gasteiger partial charge in [0.2, 0.25) is 0 Å². The van der Waals surface area contributed by atoms with Crippen molar-refractivity contribution in [1.29, 1.82) is 0 Å². The molecule has 7 nitrogen and oxygen atoms in total. The summed E-state index contributed by atoms with van der Waals surface area (Å²) in [5, 5.41) is 12.7. The third-order valence-corrected chi connectivity index (χ3v) is 1.68. The third kappa shape index (κ3) is 9.06. The lowest BCUT2D eigenvalue weighted by Gasteiger charge is -2.11. The van der Waals surface area contributed by atoms with Gasteiger partial charge >= 0.3 is 12.0 Å². The van der Waals surface area contributed by atoms with Crippen LogP contribution in [0.2, 0.25) is 0 Å². The molecule has 0 radical (unpaired) electrons. The predicted molar refractivity (Wildman–Crippen MR) is 59.4 cm³/mol. The maximum Gasteiger partial charge on any atom is 0.328 e. The molecule has 3 amide bonds. The second kappa shape index (κ2) is 8.28. The number of imide groups is 1. The SMILES string of the molecule is COCC(C)CNC(=O)NC(=O)C=CC(=O)O. The molecular weight excluding hydrogens is 228 g/mol. The van der Waals surface area contributed by atoms with Crippen LogP contribution in [0.25, 0.3) is 0 Å². The van der Waals surface area contributed by atoms with E-state index in [1.54, 1.807) is 7.11 Å². The highest BCUT2D eigenvalue weighted by atomic mass is 16.5. The Bertz CT molecular complexity index is 314. The summed E-state index contributed by atoms with van der Waals surface area (Å²) in [6.07, 6.45) is 1.41. The molecule has 0 aliphatic carbocycles. The van der Waals surface area contributed by atoms with Crippen LogP contribution in [0.3, 0.4) is 0 Å². The van der Waals surface area contributed by atoms with Crippen LogP contribution in [0.4, 0.5) is 4.79 Å². The van der Waals surface area contributed by atoms with Crippen LogP contribution < -0.4 is 10.6 Å². The Morgan fingerprint density at radius 1 is 1.35 bits per heavy atom. The molecule has 7 heteroatoms. The molecule has 0 heterocycles. The molecule has 0 saturated carbocycles. The number of methoxy groups -OCH3 is 1. The first-order valence-corrected chi connectivity index (χ1v) is 4.94. The maximum absolute atomic E-state index is 11.1. The lowest BCUT2D eigenvalue weighted by Crippen LogP contribution is -2.41. The molecule has 0 aromatic rings. The molecule has 0 fully saturated rings. The third-order valence-electron chi connectivity index (χ3n) is 1.68. The first-order chi connectivity index (χ1) is 7.95. The zero-order chi connectivity index (χ0) is 13.3. The number of ether oxygens (including phenoxy) is 1. The van der Waals surface area contributed by atoms with Gasteiger partial charge in [0, 0.05) is 25.8 Å². The molecule has 0 aromatic carbocycles. The van der Waals surface area contributed by atoms with Crippen molar-refractivity contribution < 1.29 is 24.2 Å². The minimum atomic E-state index is -1.26. The highest BCUT2D eigenvalue weighted by Crippen LogP contribution is 1.91. The average molecular weight is 244 g/mol. The quantitative estimate of drug-likeness (QED) is 0.558. The van der Waals surface area contributed by atoms with Gasteiger partial charge in [0.1, 0.15) is 0 Å². The van der Waals surface area contributed by atoms with Gasteiger partial charge in [0.25, 0.3) is 5.91 Å². The van der Waals surface area contributed by atoms with Gasteiger partial charge in [-0.3, -0.25) is 10.1 Å². The maximum atomic E-state index is 11.1. The fraction of sp³-hybridized carbons (Fsp3) is 0.500. The molecule has 0 rings (SSSR count). The van der Waals surface area contributed by atoms with Gasteiger partial charge in [0.15, 0.2) is 0 Å². The van der Waals surface area contributed by atoms with E-state index in [9.17, 15) is 14.4 Å². The molecule has 0 saturated heterocycles. The van der Waals surface area contributed by atoms with Crippen molar-refractivity contribution >= 4 is 17.9 Å². The number of carbonyl (C=O) groups excluding carboxylic acids is 2. The van der Waals surface area contributed by atoms with Crippen LogP contribution in [0, 0.1) is 5.92 Å². The highest BCUT2D eigenvalue weighted by molar-refractivity contribution is 6.02.